The van der Waals surface area contributed by atoms with Crippen LogP contribution < -0.4 is 10.6 Å². The van der Waals surface area contributed by atoms with Gasteiger partial charge in [0.05, 0.1) is 0 Å². The maximum Gasteiger partial charge on any atom is 0.321 e. The third-order valence-electron chi connectivity index (χ3n) is 4.13. The Labute approximate surface area is 125 Å². The summed E-state index contributed by atoms with van der Waals surface area (Å²) in [5.74, 6) is -0.346. The van der Waals surface area contributed by atoms with E-state index in [0.717, 1.165) is 32.2 Å². The number of hydrogen-bond donors (Lipinski definition) is 2. The Morgan fingerprint density at radius 3 is 2.67 bits per heavy atom. The summed E-state index contributed by atoms with van der Waals surface area (Å²) in [4.78, 5) is 14.0. The fraction of sp³-hybridized carbons (Fsp3) is 0.562. The molecular weight excluding hydrogens is 269 g/mol. The zero-order chi connectivity index (χ0) is 15.2. The van der Waals surface area contributed by atoms with E-state index in [1.165, 1.54) is 12.1 Å². The fourth-order valence-corrected chi connectivity index (χ4v) is 2.90. The monoisotopic (exact) mass is 293 g/mol. The van der Waals surface area contributed by atoms with Gasteiger partial charge in [-0.25, -0.2) is 9.18 Å². The highest BCUT2D eigenvalue weighted by atomic mass is 19.1. The third kappa shape index (κ3) is 4.43. The summed E-state index contributed by atoms with van der Waals surface area (Å²) in [6, 6.07) is 6.63. The molecule has 0 aliphatic heterocycles. The van der Waals surface area contributed by atoms with Crippen LogP contribution >= 0.6 is 0 Å². The highest BCUT2D eigenvalue weighted by Gasteiger charge is 2.26. The first-order valence-corrected chi connectivity index (χ1v) is 7.63. The molecule has 4 nitrogen and oxygen atoms in total. The molecule has 1 aromatic rings. The van der Waals surface area contributed by atoms with Gasteiger partial charge in [-0.15, -0.1) is 0 Å². The van der Waals surface area contributed by atoms with Crippen LogP contribution in [-0.2, 0) is 0 Å². The predicted molar refractivity (Wildman–Crippen MR) is 82.9 cm³/mol. The van der Waals surface area contributed by atoms with Crippen molar-refractivity contribution in [1.29, 1.82) is 0 Å². The molecule has 1 saturated carbocycles. The molecule has 1 fully saturated rings. The second-order valence-corrected chi connectivity index (χ2v) is 5.61. The van der Waals surface area contributed by atoms with Crippen LogP contribution in [0.5, 0.6) is 0 Å². The molecule has 2 rings (SSSR count). The smallest absolute Gasteiger partial charge is 0.321 e. The van der Waals surface area contributed by atoms with E-state index in [0.29, 0.717) is 11.7 Å². The lowest BCUT2D eigenvalue weighted by Crippen LogP contribution is -2.44. The van der Waals surface area contributed by atoms with Gasteiger partial charge >= 0.3 is 6.03 Å². The van der Waals surface area contributed by atoms with Gasteiger partial charge in [0.25, 0.3) is 0 Å². The van der Waals surface area contributed by atoms with Gasteiger partial charge in [0, 0.05) is 24.8 Å². The summed E-state index contributed by atoms with van der Waals surface area (Å²) in [6.45, 7) is 3.11. The van der Waals surface area contributed by atoms with E-state index in [2.05, 4.69) is 17.6 Å². The Balaban J connectivity index is 1.85. The maximum atomic E-state index is 13.1. The molecule has 0 unspecified atom stereocenters. The van der Waals surface area contributed by atoms with Crippen molar-refractivity contribution < 1.29 is 9.18 Å². The van der Waals surface area contributed by atoms with E-state index < -0.39 is 0 Å². The van der Waals surface area contributed by atoms with Crippen molar-refractivity contribution in [1.82, 2.24) is 10.2 Å². The average Bonchev–Trinajstić information content (AvgIpc) is 2.47. The van der Waals surface area contributed by atoms with Crippen LogP contribution in [0, 0.1) is 5.82 Å². The quantitative estimate of drug-likeness (QED) is 0.895. The fourth-order valence-electron chi connectivity index (χ4n) is 2.90. The molecule has 0 saturated heterocycles. The molecule has 1 aromatic carbocycles. The van der Waals surface area contributed by atoms with Crippen LogP contribution in [0.3, 0.4) is 0 Å². The number of rotatable bonds is 4. The first kappa shape index (κ1) is 15.8. The number of nitrogens with one attached hydrogen (secondary N) is 2. The molecule has 2 N–H and O–H groups in total. The summed E-state index contributed by atoms with van der Waals surface area (Å²) in [5, 5.41) is 6.21. The van der Waals surface area contributed by atoms with Crippen LogP contribution in [-0.4, -0.2) is 36.6 Å². The number of carbonyl (C=O) groups is 1. The number of benzene rings is 1. The zero-order valence-corrected chi connectivity index (χ0v) is 12.7. The van der Waals surface area contributed by atoms with Crippen LogP contribution in [0.2, 0.25) is 0 Å². The van der Waals surface area contributed by atoms with E-state index >= 15 is 0 Å². The molecule has 0 bridgehead atoms. The van der Waals surface area contributed by atoms with E-state index in [9.17, 15) is 9.18 Å². The average molecular weight is 293 g/mol. The Kier molecular flexibility index (Phi) is 5.56. The van der Waals surface area contributed by atoms with Crippen molar-refractivity contribution in [2.75, 3.05) is 18.9 Å². The minimum Gasteiger partial charge on any atom is -0.325 e. The lowest BCUT2D eigenvalue weighted by Gasteiger charge is -2.34. The largest absolute Gasteiger partial charge is 0.325 e. The van der Waals surface area contributed by atoms with E-state index in [-0.39, 0.29) is 17.9 Å². The topological polar surface area (TPSA) is 44.4 Å². The van der Waals surface area contributed by atoms with Crippen LogP contribution in [0.1, 0.15) is 32.6 Å². The van der Waals surface area contributed by atoms with Gasteiger partial charge in [0.15, 0.2) is 0 Å². The van der Waals surface area contributed by atoms with Crippen molar-refractivity contribution in [3.63, 3.8) is 0 Å². The van der Waals surface area contributed by atoms with Gasteiger partial charge in [-0.05, 0) is 50.4 Å². The molecule has 116 valence electrons. The van der Waals surface area contributed by atoms with Crippen LogP contribution in [0.4, 0.5) is 14.9 Å². The lowest BCUT2D eigenvalue weighted by molar-refractivity contribution is 0.177. The second kappa shape index (κ2) is 7.41. The number of hydrogen-bond acceptors (Lipinski definition) is 2. The molecule has 0 atom stereocenters. The van der Waals surface area contributed by atoms with Crippen molar-refractivity contribution in [3.05, 3.63) is 30.1 Å². The Hall–Kier alpha value is -1.62. The molecule has 21 heavy (non-hydrogen) atoms. The number of urea groups is 1. The van der Waals surface area contributed by atoms with E-state index in [1.54, 1.807) is 17.0 Å². The van der Waals surface area contributed by atoms with E-state index in [1.807, 2.05) is 7.05 Å². The first-order chi connectivity index (χ1) is 10.1. The Morgan fingerprint density at radius 2 is 2.05 bits per heavy atom. The van der Waals surface area contributed by atoms with Gasteiger partial charge in [-0.2, -0.15) is 0 Å². The van der Waals surface area contributed by atoms with E-state index in [4.69, 9.17) is 0 Å². The van der Waals surface area contributed by atoms with Gasteiger partial charge in [0.2, 0.25) is 0 Å². The SMILES string of the molecule is CCNC1CCC(N(C)C(=O)Nc2cccc(F)c2)CC1. The van der Waals surface area contributed by atoms with Crippen molar-refractivity contribution >= 4 is 11.7 Å². The maximum absolute atomic E-state index is 13.1. The Morgan fingerprint density at radius 1 is 1.33 bits per heavy atom. The highest BCUT2D eigenvalue weighted by Crippen LogP contribution is 2.23. The van der Waals surface area contributed by atoms with Crippen LogP contribution in [0.25, 0.3) is 0 Å². The summed E-state index contributed by atoms with van der Waals surface area (Å²) in [5.41, 5.74) is 0.494. The number of carbonyl (C=O) groups excluding carboxylic acids is 1. The van der Waals surface area contributed by atoms with Crippen LogP contribution in [0.15, 0.2) is 24.3 Å². The Bertz CT molecular complexity index is 472. The highest BCUT2D eigenvalue weighted by molar-refractivity contribution is 5.89. The normalized spacial score (nSPS) is 21.9. The predicted octanol–water partition coefficient (Wildman–Crippen LogP) is 3.21. The third-order valence-corrected chi connectivity index (χ3v) is 4.13. The molecular formula is C16H24FN3O. The number of anilines is 1. The van der Waals surface area contributed by atoms with Gasteiger partial charge < -0.3 is 15.5 Å². The van der Waals surface area contributed by atoms with Crippen molar-refractivity contribution in [2.45, 2.75) is 44.7 Å². The molecule has 1 aliphatic carbocycles. The van der Waals surface area contributed by atoms with Crippen molar-refractivity contribution in [3.8, 4) is 0 Å². The van der Waals surface area contributed by atoms with Gasteiger partial charge in [-0.3, -0.25) is 0 Å². The number of halogens is 1. The molecule has 0 spiro atoms. The molecule has 2 amide bonds. The first-order valence-electron chi connectivity index (χ1n) is 7.63. The number of nitrogens with zero attached hydrogens (tertiary/aromatic N) is 1. The van der Waals surface area contributed by atoms with Crippen molar-refractivity contribution in [2.24, 2.45) is 0 Å². The molecule has 5 heteroatoms. The van der Waals surface area contributed by atoms with Gasteiger partial charge in [-0.1, -0.05) is 13.0 Å². The van der Waals surface area contributed by atoms with Gasteiger partial charge in [0.1, 0.15) is 5.82 Å². The summed E-state index contributed by atoms with van der Waals surface area (Å²) < 4.78 is 13.1. The minimum absolute atomic E-state index is 0.174. The zero-order valence-electron chi connectivity index (χ0n) is 12.7. The summed E-state index contributed by atoms with van der Waals surface area (Å²) in [6.07, 6.45) is 4.20. The lowest BCUT2D eigenvalue weighted by atomic mass is 9.90. The summed E-state index contributed by atoms with van der Waals surface area (Å²) in [7, 11) is 1.81. The second-order valence-electron chi connectivity index (χ2n) is 5.61. The number of amides is 2. The summed E-state index contributed by atoms with van der Waals surface area (Å²) >= 11 is 0. The molecule has 1 aliphatic rings. The molecule has 0 aromatic heterocycles. The molecule has 0 radical (unpaired) electrons. The minimum atomic E-state index is -0.346. The molecule has 0 heterocycles. The standard InChI is InChI=1S/C16H24FN3O/c1-3-18-13-7-9-15(10-8-13)20(2)16(21)19-14-6-4-5-12(17)11-14/h4-6,11,13,15,18H,3,7-10H2,1-2H3,(H,19,21).